The maximum absolute atomic E-state index is 12.1. The summed E-state index contributed by atoms with van der Waals surface area (Å²) in [6.07, 6.45) is 3.70. The van der Waals surface area contributed by atoms with Crippen molar-refractivity contribution >= 4 is 18.2 Å². The quantitative estimate of drug-likeness (QED) is 0.335. The number of rotatable bonds is 4. The Morgan fingerprint density at radius 1 is 1.37 bits per heavy atom. The van der Waals surface area contributed by atoms with E-state index in [4.69, 9.17) is 4.74 Å². The van der Waals surface area contributed by atoms with Gasteiger partial charge in [0.05, 0.1) is 0 Å². The molecule has 0 saturated carbocycles. The van der Waals surface area contributed by atoms with Crippen LogP contribution < -0.4 is 0 Å². The van der Waals surface area contributed by atoms with Gasteiger partial charge in [0.1, 0.15) is 11.6 Å². The van der Waals surface area contributed by atoms with E-state index in [2.05, 4.69) is 6.58 Å². The smallest absolute Gasteiger partial charge is 0.329 e. The van der Waals surface area contributed by atoms with E-state index < -0.39 is 23.5 Å². The van der Waals surface area contributed by atoms with E-state index in [-0.39, 0.29) is 12.3 Å². The molecule has 1 aliphatic rings. The zero-order valence-electron chi connectivity index (χ0n) is 11.7. The van der Waals surface area contributed by atoms with Crippen LogP contribution >= 0.6 is 0 Å². The summed E-state index contributed by atoms with van der Waals surface area (Å²) in [7, 11) is 0. The van der Waals surface area contributed by atoms with Crippen LogP contribution in [-0.4, -0.2) is 40.7 Å². The Balaban J connectivity index is 2.87. The lowest BCUT2D eigenvalue weighted by atomic mass is 10.1. The molecule has 5 nitrogen and oxygen atoms in total. The lowest BCUT2D eigenvalue weighted by molar-refractivity contribution is -0.164. The van der Waals surface area contributed by atoms with Gasteiger partial charge in [0.25, 0.3) is 5.91 Å². The van der Waals surface area contributed by atoms with Crippen LogP contribution in [-0.2, 0) is 19.1 Å². The maximum atomic E-state index is 12.1. The Morgan fingerprint density at radius 2 is 2.00 bits per heavy atom. The van der Waals surface area contributed by atoms with Crippen LogP contribution in [0.4, 0.5) is 0 Å². The molecule has 0 spiro atoms. The van der Waals surface area contributed by atoms with E-state index >= 15 is 0 Å². The zero-order valence-corrected chi connectivity index (χ0v) is 11.7. The number of carbonyl (C=O) groups is 3. The van der Waals surface area contributed by atoms with Gasteiger partial charge >= 0.3 is 5.97 Å². The third-order valence-electron chi connectivity index (χ3n) is 2.98. The summed E-state index contributed by atoms with van der Waals surface area (Å²) in [5.41, 5.74) is -0.608. The molecule has 0 aromatic heterocycles. The molecule has 0 radical (unpaired) electrons. The highest BCUT2D eigenvalue weighted by Crippen LogP contribution is 2.28. The van der Waals surface area contributed by atoms with Crippen LogP contribution in [0.2, 0.25) is 0 Å². The van der Waals surface area contributed by atoms with E-state index in [1.54, 1.807) is 26.8 Å². The Labute approximate surface area is 113 Å². The minimum Gasteiger partial charge on any atom is -0.458 e. The van der Waals surface area contributed by atoms with Crippen molar-refractivity contribution in [2.45, 2.75) is 57.7 Å². The molecule has 5 heteroatoms. The first kappa shape index (κ1) is 15.4. The summed E-state index contributed by atoms with van der Waals surface area (Å²) < 4.78 is 5.30. The second-order valence-electron chi connectivity index (χ2n) is 5.67. The minimum absolute atomic E-state index is 0.146. The van der Waals surface area contributed by atoms with E-state index in [0.717, 1.165) is 0 Å². The van der Waals surface area contributed by atoms with Crippen molar-refractivity contribution in [3.8, 4) is 0 Å². The molecule has 0 aliphatic carbocycles. The van der Waals surface area contributed by atoms with Gasteiger partial charge in [-0.05, 0) is 40.0 Å². The van der Waals surface area contributed by atoms with Crippen LogP contribution in [0.1, 0.15) is 40.0 Å². The van der Waals surface area contributed by atoms with Crippen LogP contribution in [0.15, 0.2) is 12.7 Å². The Hall–Kier alpha value is -1.65. The van der Waals surface area contributed by atoms with Gasteiger partial charge in [-0.3, -0.25) is 9.59 Å². The molecule has 2 atom stereocenters. The fourth-order valence-electron chi connectivity index (χ4n) is 2.30. The number of amides is 1. The highest BCUT2D eigenvalue weighted by Gasteiger charge is 2.41. The van der Waals surface area contributed by atoms with Crippen molar-refractivity contribution in [3.05, 3.63) is 12.7 Å². The number of hydrogen-bond donors (Lipinski definition) is 0. The summed E-state index contributed by atoms with van der Waals surface area (Å²) in [6.45, 7) is 8.94. The van der Waals surface area contributed by atoms with Gasteiger partial charge in [0.15, 0.2) is 0 Å². The molecular formula is C14H21NO4. The summed E-state index contributed by atoms with van der Waals surface area (Å²) in [5, 5.41) is 0. The first-order valence-corrected chi connectivity index (χ1v) is 6.41. The Kier molecular flexibility index (Phi) is 4.86. The van der Waals surface area contributed by atoms with Crippen molar-refractivity contribution in [1.29, 1.82) is 0 Å². The lowest BCUT2D eigenvalue weighted by Crippen LogP contribution is -2.47. The average molecular weight is 267 g/mol. The summed E-state index contributed by atoms with van der Waals surface area (Å²) in [6, 6.07) is -0.811. The molecule has 1 saturated heterocycles. The first-order valence-electron chi connectivity index (χ1n) is 6.41. The van der Waals surface area contributed by atoms with Crippen LogP contribution in [0.5, 0.6) is 0 Å². The molecule has 106 valence electrons. The van der Waals surface area contributed by atoms with Gasteiger partial charge < -0.3 is 9.64 Å². The summed E-state index contributed by atoms with van der Waals surface area (Å²) >= 11 is 0. The maximum Gasteiger partial charge on any atom is 0.329 e. The summed E-state index contributed by atoms with van der Waals surface area (Å²) in [5.74, 6) is -1.12. The number of carbonyl (C=O) groups excluding carboxylic acids is 3. The fourth-order valence-corrected chi connectivity index (χ4v) is 2.30. The predicted molar refractivity (Wildman–Crippen MR) is 70.4 cm³/mol. The van der Waals surface area contributed by atoms with E-state index in [9.17, 15) is 14.4 Å². The van der Waals surface area contributed by atoms with Crippen LogP contribution in [0.25, 0.3) is 0 Å². The summed E-state index contributed by atoms with van der Waals surface area (Å²) in [4.78, 5) is 35.8. The highest BCUT2D eigenvalue weighted by molar-refractivity contribution is 6.24. The molecule has 0 unspecified atom stereocenters. The molecule has 0 aromatic rings. The first-order chi connectivity index (χ1) is 8.80. The van der Waals surface area contributed by atoms with Crippen molar-refractivity contribution < 1.29 is 19.1 Å². The standard InChI is InChI=1S/C14H21NO4/c1-5-6-10-7-8-11(15(10)12(17)9-16)13(18)19-14(2,3)4/h5,9-11H,1,6-8H2,2-4H3/t10-,11+/m1/s1. The van der Waals surface area contributed by atoms with Gasteiger partial charge in [-0.2, -0.15) is 0 Å². The predicted octanol–water partition coefficient (Wildman–Crippen LogP) is 1.46. The van der Waals surface area contributed by atoms with Crippen molar-refractivity contribution in [3.63, 3.8) is 0 Å². The van der Waals surface area contributed by atoms with Gasteiger partial charge in [0, 0.05) is 6.04 Å². The fraction of sp³-hybridized carbons (Fsp3) is 0.643. The molecule has 1 aliphatic heterocycles. The van der Waals surface area contributed by atoms with Crippen LogP contribution in [0.3, 0.4) is 0 Å². The van der Waals surface area contributed by atoms with Gasteiger partial charge in [-0.25, -0.2) is 4.79 Å². The molecule has 19 heavy (non-hydrogen) atoms. The number of ether oxygens (including phenoxy) is 1. The zero-order chi connectivity index (χ0) is 14.6. The minimum atomic E-state index is -0.666. The molecule has 1 rings (SSSR count). The number of hydrogen-bond acceptors (Lipinski definition) is 4. The number of nitrogens with zero attached hydrogens (tertiary/aromatic N) is 1. The monoisotopic (exact) mass is 267 g/mol. The lowest BCUT2D eigenvalue weighted by Gasteiger charge is -2.29. The normalized spacial score (nSPS) is 23.0. The number of esters is 1. The third kappa shape index (κ3) is 3.91. The number of aldehydes is 1. The molecule has 0 aromatic carbocycles. The van der Waals surface area contributed by atoms with Crippen LogP contribution in [0, 0.1) is 0 Å². The molecule has 0 bridgehead atoms. The SMILES string of the molecule is C=CC[C@@H]1CC[C@@H](C(=O)OC(C)(C)C)N1C(=O)C=O. The number of likely N-dealkylation sites (tertiary alicyclic amines) is 1. The largest absolute Gasteiger partial charge is 0.458 e. The average Bonchev–Trinajstić information content (AvgIpc) is 2.70. The Morgan fingerprint density at radius 3 is 2.47 bits per heavy atom. The second kappa shape index (κ2) is 5.99. The molecular weight excluding hydrogens is 246 g/mol. The van der Waals surface area contributed by atoms with E-state index in [1.165, 1.54) is 4.90 Å². The van der Waals surface area contributed by atoms with Crippen molar-refractivity contribution in [2.75, 3.05) is 0 Å². The van der Waals surface area contributed by atoms with Gasteiger partial charge in [-0.1, -0.05) is 6.08 Å². The molecule has 0 N–H and O–H groups in total. The topological polar surface area (TPSA) is 63.7 Å². The van der Waals surface area contributed by atoms with E-state index in [0.29, 0.717) is 19.3 Å². The Bertz CT molecular complexity index is 383. The van der Waals surface area contributed by atoms with E-state index in [1.807, 2.05) is 0 Å². The van der Waals surface area contributed by atoms with Crippen molar-refractivity contribution in [2.24, 2.45) is 0 Å². The molecule has 1 heterocycles. The highest BCUT2D eigenvalue weighted by atomic mass is 16.6. The van der Waals surface area contributed by atoms with Gasteiger partial charge in [0.2, 0.25) is 6.29 Å². The van der Waals surface area contributed by atoms with Gasteiger partial charge in [-0.15, -0.1) is 6.58 Å². The second-order valence-corrected chi connectivity index (χ2v) is 5.67. The molecule has 1 amide bonds. The van der Waals surface area contributed by atoms with Crippen molar-refractivity contribution in [1.82, 2.24) is 4.90 Å². The molecule has 1 fully saturated rings. The third-order valence-corrected chi connectivity index (χ3v) is 2.98.